The van der Waals surface area contributed by atoms with E-state index in [4.69, 9.17) is 4.74 Å². The lowest BCUT2D eigenvalue weighted by Crippen LogP contribution is -2.40. The Hall–Kier alpha value is -3.88. The number of hydrogen-bond donors (Lipinski definition) is 1. The van der Waals surface area contributed by atoms with Gasteiger partial charge in [-0.15, -0.1) is 0 Å². The second-order valence-electron chi connectivity index (χ2n) is 6.50. The van der Waals surface area contributed by atoms with E-state index in [2.05, 4.69) is 0 Å². The van der Waals surface area contributed by atoms with Crippen molar-refractivity contribution >= 4 is 28.6 Å². The van der Waals surface area contributed by atoms with Crippen LogP contribution in [0.4, 0.5) is 13.2 Å². The number of imide groups is 1. The molecule has 0 atom stereocenters. The molecule has 6 nitrogen and oxygen atoms in total. The molecule has 0 saturated carbocycles. The number of ether oxygens (including phenoxy) is 1. The van der Waals surface area contributed by atoms with Crippen LogP contribution in [0.3, 0.4) is 0 Å². The van der Waals surface area contributed by atoms with Gasteiger partial charge in [0.2, 0.25) is 0 Å². The van der Waals surface area contributed by atoms with Gasteiger partial charge in [-0.3, -0.25) is 19.3 Å². The van der Waals surface area contributed by atoms with Gasteiger partial charge in [0, 0.05) is 11.1 Å². The quantitative estimate of drug-likeness (QED) is 0.611. The number of carbonyl (C=O) groups is 3. The maximum atomic E-state index is 13.7. The van der Waals surface area contributed by atoms with Crippen molar-refractivity contribution in [2.75, 3.05) is 13.7 Å². The molecule has 0 aliphatic heterocycles. The second kappa shape index (κ2) is 8.47. The number of carboxylic acids is 1. The van der Waals surface area contributed by atoms with Crippen LogP contribution in [0, 0.1) is 0 Å². The van der Waals surface area contributed by atoms with Crippen LogP contribution in [0.15, 0.2) is 60.7 Å². The van der Waals surface area contributed by atoms with Crippen molar-refractivity contribution in [3.8, 4) is 5.75 Å². The summed E-state index contributed by atoms with van der Waals surface area (Å²) in [6, 6.07) is 13.5. The van der Waals surface area contributed by atoms with E-state index in [0.717, 1.165) is 13.2 Å². The molecular weight excluding hydrogens is 415 g/mol. The molecule has 0 bridgehead atoms. The van der Waals surface area contributed by atoms with Gasteiger partial charge in [0.15, 0.2) is 0 Å². The minimum Gasteiger partial charge on any atom is -0.496 e. The molecule has 3 aromatic carbocycles. The number of nitrogens with zero attached hydrogens (tertiary/aromatic N) is 1. The van der Waals surface area contributed by atoms with Crippen molar-refractivity contribution in [1.29, 1.82) is 0 Å². The summed E-state index contributed by atoms with van der Waals surface area (Å²) in [5.41, 5.74) is -1.24. The zero-order valence-corrected chi connectivity index (χ0v) is 16.1. The summed E-state index contributed by atoms with van der Waals surface area (Å²) in [5.74, 6) is -3.78. The molecule has 0 spiro atoms. The van der Waals surface area contributed by atoms with Gasteiger partial charge >= 0.3 is 12.1 Å². The predicted octanol–water partition coefficient (Wildman–Crippen LogP) is 4.23. The SMILES string of the molecule is COc1ccc2c(C(=O)N(CC(=O)O)C(=O)c3ccccc3)cccc2c1C(F)(F)F. The Morgan fingerprint density at radius 1 is 0.903 bits per heavy atom. The van der Waals surface area contributed by atoms with Crippen LogP contribution < -0.4 is 4.74 Å². The van der Waals surface area contributed by atoms with E-state index in [-0.39, 0.29) is 21.9 Å². The minimum atomic E-state index is -4.77. The Kier molecular flexibility index (Phi) is 5.96. The lowest BCUT2D eigenvalue weighted by molar-refractivity contribution is -0.138. The highest BCUT2D eigenvalue weighted by atomic mass is 19.4. The lowest BCUT2D eigenvalue weighted by Gasteiger charge is -2.21. The van der Waals surface area contributed by atoms with E-state index >= 15 is 0 Å². The van der Waals surface area contributed by atoms with Gasteiger partial charge in [-0.1, -0.05) is 30.3 Å². The van der Waals surface area contributed by atoms with Gasteiger partial charge in [-0.05, 0) is 41.1 Å². The molecule has 2 amide bonds. The fourth-order valence-electron chi connectivity index (χ4n) is 3.24. The molecule has 0 aromatic heterocycles. The lowest BCUT2D eigenvalue weighted by atomic mass is 9.98. The molecule has 9 heteroatoms. The standard InChI is InChI=1S/C22H16F3NO5/c1-31-17-11-10-14-15(19(17)22(23,24)25)8-5-9-16(14)21(30)26(12-18(27)28)20(29)13-6-3-2-4-7-13/h2-11H,12H2,1H3,(H,27,28). The van der Waals surface area contributed by atoms with Crippen molar-refractivity contribution in [3.63, 3.8) is 0 Å². The Morgan fingerprint density at radius 3 is 2.16 bits per heavy atom. The highest BCUT2D eigenvalue weighted by Crippen LogP contribution is 2.42. The molecule has 0 heterocycles. The van der Waals surface area contributed by atoms with Crippen molar-refractivity contribution in [2.45, 2.75) is 6.18 Å². The first-order chi connectivity index (χ1) is 14.6. The Labute approximate surface area is 174 Å². The number of amides is 2. The molecule has 3 aromatic rings. The predicted molar refractivity (Wildman–Crippen MR) is 105 cm³/mol. The van der Waals surface area contributed by atoms with Gasteiger partial charge in [-0.25, -0.2) is 0 Å². The molecule has 0 aliphatic carbocycles. The summed E-state index contributed by atoms with van der Waals surface area (Å²) in [5, 5.41) is 8.80. The average molecular weight is 431 g/mol. The number of fused-ring (bicyclic) bond motifs is 1. The number of carbonyl (C=O) groups excluding carboxylic acids is 2. The summed E-state index contributed by atoms with van der Waals surface area (Å²) in [4.78, 5) is 37.7. The van der Waals surface area contributed by atoms with Gasteiger partial charge in [0.25, 0.3) is 11.8 Å². The molecule has 0 aliphatic rings. The largest absolute Gasteiger partial charge is 0.496 e. The first-order valence-electron chi connectivity index (χ1n) is 8.95. The third kappa shape index (κ3) is 4.35. The van der Waals surface area contributed by atoms with Crippen molar-refractivity contribution in [2.24, 2.45) is 0 Å². The van der Waals surface area contributed by atoms with Crippen LogP contribution in [-0.2, 0) is 11.0 Å². The Morgan fingerprint density at radius 2 is 1.58 bits per heavy atom. The van der Waals surface area contributed by atoms with E-state index in [1.807, 2.05) is 0 Å². The first-order valence-corrected chi connectivity index (χ1v) is 8.95. The van der Waals surface area contributed by atoms with E-state index in [9.17, 15) is 32.7 Å². The van der Waals surface area contributed by atoms with Crippen molar-refractivity contribution in [3.05, 3.63) is 77.4 Å². The highest BCUT2D eigenvalue weighted by Gasteiger charge is 2.37. The topological polar surface area (TPSA) is 83.9 Å². The van der Waals surface area contributed by atoms with E-state index in [1.54, 1.807) is 6.07 Å². The normalized spacial score (nSPS) is 11.2. The second-order valence-corrected chi connectivity index (χ2v) is 6.50. The molecule has 1 N–H and O–H groups in total. The first kappa shape index (κ1) is 21.8. The van der Waals surface area contributed by atoms with Gasteiger partial charge in [-0.2, -0.15) is 13.2 Å². The summed E-state index contributed by atoms with van der Waals surface area (Å²) in [6.07, 6.45) is -4.77. The van der Waals surface area contributed by atoms with Crippen LogP contribution >= 0.6 is 0 Å². The number of methoxy groups -OCH3 is 1. The summed E-state index contributed by atoms with van der Waals surface area (Å²) in [6.45, 7) is -0.953. The minimum absolute atomic E-state index is 0.0648. The van der Waals surface area contributed by atoms with Crippen LogP contribution in [0.2, 0.25) is 0 Å². The number of hydrogen-bond acceptors (Lipinski definition) is 4. The van der Waals surface area contributed by atoms with Crippen LogP contribution in [-0.4, -0.2) is 41.4 Å². The summed E-state index contributed by atoms with van der Waals surface area (Å²) >= 11 is 0. The number of alkyl halides is 3. The Balaban J connectivity index is 2.17. The maximum absolute atomic E-state index is 13.7. The summed E-state index contributed by atoms with van der Waals surface area (Å²) < 4.78 is 45.8. The number of rotatable bonds is 5. The molecule has 0 fully saturated rings. The molecule has 3 rings (SSSR count). The number of carboxylic acid groups (broad SMARTS) is 1. The van der Waals surface area contributed by atoms with Gasteiger partial charge in [0.1, 0.15) is 17.9 Å². The zero-order valence-electron chi connectivity index (χ0n) is 16.1. The van der Waals surface area contributed by atoms with E-state index in [1.165, 1.54) is 48.5 Å². The number of benzene rings is 3. The summed E-state index contributed by atoms with van der Waals surface area (Å²) in [7, 11) is 1.10. The number of aliphatic carboxylic acids is 1. The van der Waals surface area contributed by atoms with Gasteiger partial charge in [0.05, 0.1) is 7.11 Å². The third-order valence-corrected chi connectivity index (χ3v) is 4.56. The Bertz CT molecular complexity index is 1160. The molecule has 0 radical (unpaired) electrons. The monoisotopic (exact) mass is 431 g/mol. The van der Waals surface area contributed by atoms with Crippen LogP contribution in [0.1, 0.15) is 26.3 Å². The van der Waals surface area contributed by atoms with Crippen molar-refractivity contribution < 1.29 is 37.4 Å². The number of halogens is 3. The molecule has 0 unspecified atom stereocenters. The smallest absolute Gasteiger partial charge is 0.420 e. The highest BCUT2D eigenvalue weighted by molar-refractivity contribution is 6.16. The average Bonchev–Trinajstić information content (AvgIpc) is 2.75. The molecular formula is C22H16F3NO5. The van der Waals surface area contributed by atoms with E-state index < -0.39 is 41.8 Å². The molecule has 160 valence electrons. The van der Waals surface area contributed by atoms with Gasteiger partial charge < -0.3 is 9.84 Å². The van der Waals surface area contributed by atoms with Crippen molar-refractivity contribution in [1.82, 2.24) is 4.90 Å². The van der Waals surface area contributed by atoms with Crippen LogP contribution in [0.25, 0.3) is 10.8 Å². The maximum Gasteiger partial charge on any atom is 0.420 e. The van der Waals surface area contributed by atoms with Crippen LogP contribution in [0.5, 0.6) is 5.75 Å². The molecule has 0 saturated heterocycles. The third-order valence-electron chi connectivity index (χ3n) is 4.56. The zero-order chi connectivity index (χ0) is 22.8. The molecule has 31 heavy (non-hydrogen) atoms. The van der Waals surface area contributed by atoms with E-state index in [0.29, 0.717) is 4.90 Å². The fourth-order valence-corrected chi connectivity index (χ4v) is 3.24. The fraction of sp³-hybridized carbons (Fsp3) is 0.136.